The van der Waals surface area contributed by atoms with Crippen molar-refractivity contribution in [3.05, 3.63) is 30.1 Å². The monoisotopic (exact) mass is 223 g/mol. The van der Waals surface area contributed by atoms with Crippen molar-refractivity contribution in [3.8, 4) is 0 Å². The van der Waals surface area contributed by atoms with Crippen LogP contribution in [0.1, 0.15) is 12.6 Å². The van der Waals surface area contributed by atoms with Gasteiger partial charge >= 0.3 is 6.03 Å². The highest BCUT2D eigenvalue weighted by molar-refractivity contribution is 5.74. The lowest BCUT2D eigenvalue weighted by Crippen LogP contribution is -2.42. The zero-order valence-electron chi connectivity index (χ0n) is 9.56. The number of ether oxygens (including phenoxy) is 1. The lowest BCUT2D eigenvalue weighted by Gasteiger charge is -2.13. The van der Waals surface area contributed by atoms with E-state index in [1.165, 1.54) is 0 Å². The van der Waals surface area contributed by atoms with Crippen LogP contribution >= 0.6 is 0 Å². The smallest absolute Gasteiger partial charge is 0.315 e. The highest BCUT2D eigenvalue weighted by Crippen LogP contribution is 1.91. The Bertz CT molecular complexity index is 316. The third-order valence-electron chi connectivity index (χ3n) is 1.95. The number of urea groups is 1. The van der Waals surface area contributed by atoms with Gasteiger partial charge in [0.05, 0.1) is 24.9 Å². The molecule has 0 aromatic carbocycles. The number of hydrogen-bond acceptors (Lipinski definition) is 3. The van der Waals surface area contributed by atoms with Gasteiger partial charge in [-0.05, 0) is 19.1 Å². The number of pyridine rings is 1. The fourth-order valence-electron chi connectivity index (χ4n) is 1.24. The normalized spacial score (nSPS) is 11.9. The number of hydrogen-bond donors (Lipinski definition) is 2. The molecular formula is C11H17N3O2. The van der Waals surface area contributed by atoms with Crippen LogP contribution in [-0.4, -0.2) is 30.8 Å². The Balaban J connectivity index is 2.25. The van der Waals surface area contributed by atoms with Crippen LogP contribution < -0.4 is 10.6 Å². The first-order valence-corrected chi connectivity index (χ1v) is 5.15. The van der Waals surface area contributed by atoms with Gasteiger partial charge in [-0.3, -0.25) is 4.98 Å². The van der Waals surface area contributed by atoms with Gasteiger partial charge in [0.25, 0.3) is 0 Å². The van der Waals surface area contributed by atoms with Gasteiger partial charge in [-0.2, -0.15) is 0 Å². The average molecular weight is 223 g/mol. The summed E-state index contributed by atoms with van der Waals surface area (Å²) in [6.07, 6.45) is 1.70. The van der Waals surface area contributed by atoms with Crippen molar-refractivity contribution in [2.75, 3.05) is 13.7 Å². The number of amides is 2. The molecule has 2 N–H and O–H groups in total. The topological polar surface area (TPSA) is 63.2 Å². The molecule has 0 saturated carbocycles. The van der Waals surface area contributed by atoms with Gasteiger partial charge < -0.3 is 15.4 Å². The van der Waals surface area contributed by atoms with Gasteiger partial charge in [0.2, 0.25) is 0 Å². The van der Waals surface area contributed by atoms with Crippen LogP contribution in [0.3, 0.4) is 0 Å². The summed E-state index contributed by atoms with van der Waals surface area (Å²) in [6, 6.07) is 5.36. The van der Waals surface area contributed by atoms with E-state index < -0.39 is 0 Å². The molecule has 1 rings (SSSR count). The molecule has 0 fully saturated rings. The molecule has 0 radical (unpaired) electrons. The first kappa shape index (κ1) is 12.4. The van der Waals surface area contributed by atoms with Crippen molar-refractivity contribution < 1.29 is 9.53 Å². The maximum atomic E-state index is 11.4. The van der Waals surface area contributed by atoms with E-state index in [4.69, 9.17) is 4.74 Å². The summed E-state index contributed by atoms with van der Waals surface area (Å²) >= 11 is 0. The van der Waals surface area contributed by atoms with Crippen LogP contribution in [-0.2, 0) is 11.3 Å². The van der Waals surface area contributed by atoms with Gasteiger partial charge in [0.1, 0.15) is 0 Å². The third kappa shape index (κ3) is 4.75. The molecule has 0 aliphatic heterocycles. The predicted octanol–water partition coefficient (Wildman–Crippen LogP) is 0.916. The fourth-order valence-corrected chi connectivity index (χ4v) is 1.24. The van der Waals surface area contributed by atoms with E-state index in [0.717, 1.165) is 5.69 Å². The van der Waals surface area contributed by atoms with E-state index >= 15 is 0 Å². The minimum Gasteiger partial charge on any atom is -0.383 e. The van der Waals surface area contributed by atoms with Crippen molar-refractivity contribution in [1.82, 2.24) is 15.6 Å². The predicted molar refractivity (Wildman–Crippen MR) is 60.9 cm³/mol. The molecule has 0 saturated heterocycles. The number of carbonyl (C=O) groups is 1. The Hall–Kier alpha value is -1.62. The lowest BCUT2D eigenvalue weighted by molar-refractivity contribution is 0.171. The molecule has 1 aromatic heterocycles. The molecule has 0 bridgehead atoms. The first-order valence-electron chi connectivity index (χ1n) is 5.15. The van der Waals surface area contributed by atoms with Gasteiger partial charge in [-0.1, -0.05) is 6.07 Å². The summed E-state index contributed by atoms with van der Waals surface area (Å²) in [5.41, 5.74) is 0.831. The maximum absolute atomic E-state index is 11.4. The summed E-state index contributed by atoms with van der Waals surface area (Å²) in [5, 5.41) is 5.47. The standard InChI is InChI=1S/C11H17N3O2/c1-9(8-16-2)14-11(15)13-7-10-5-3-4-6-12-10/h3-6,9H,7-8H2,1-2H3,(H2,13,14,15). The molecule has 5 nitrogen and oxygen atoms in total. The fraction of sp³-hybridized carbons (Fsp3) is 0.455. The second-order valence-electron chi connectivity index (χ2n) is 3.50. The van der Waals surface area contributed by atoms with Crippen LogP contribution in [0.15, 0.2) is 24.4 Å². The van der Waals surface area contributed by atoms with Gasteiger partial charge in [-0.25, -0.2) is 4.79 Å². The van der Waals surface area contributed by atoms with Gasteiger partial charge in [-0.15, -0.1) is 0 Å². The molecule has 0 aliphatic carbocycles. The summed E-state index contributed by atoms with van der Waals surface area (Å²) < 4.78 is 4.91. The second kappa shape index (κ2) is 6.79. The minimum atomic E-state index is -0.213. The largest absolute Gasteiger partial charge is 0.383 e. The Kier molecular flexibility index (Phi) is 5.28. The SMILES string of the molecule is COCC(C)NC(=O)NCc1ccccn1. The molecular weight excluding hydrogens is 206 g/mol. The Morgan fingerprint density at radius 3 is 3.00 bits per heavy atom. The van der Waals surface area contributed by atoms with E-state index in [1.807, 2.05) is 25.1 Å². The molecule has 5 heteroatoms. The summed E-state index contributed by atoms with van der Waals surface area (Å²) in [5.74, 6) is 0. The van der Waals surface area contributed by atoms with Crippen LogP contribution in [0.25, 0.3) is 0 Å². The zero-order valence-corrected chi connectivity index (χ0v) is 9.56. The number of nitrogens with zero attached hydrogens (tertiary/aromatic N) is 1. The number of carbonyl (C=O) groups excluding carboxylic acids is 1. The van der Waals surface area contributed by atoms with Crippen molar-refractivity contribution in [2.24, 2.45) is 0 Å². The van der Waals surface area contributed by atoms with Crippen molar-refractivity contribution in [2.45, 2.75) is 19.5 Å². The highest BCUT2D eigenvalue weighted by atomic mass is 16.5. The Labute approximate surface area is 95.2 Å². The van der Waals surface area contributed by atoms with E-state index in [0.29, 0.717) is 13.2 Å². The molecule has 0 spiro atoms. The van der Waals surface area contributed by atoms with E-state index in [9.17, 15) is 4.79 Å². The van der Waals surface area contributed by atoms with E-state index in [-0.39, 0.29) is 12.1 Å². The van der Waals surface area contributed by atoms with Crippen molar-refractivity contribution in [1.29, 1.82) is 0 Å². The third-order valence-corrected chi connectivity index (χ3v) is 1.95. The highest BCUT2D eigenvalue weighted by Gasteiger charge is 2.05. The number of methoxy groups -OCH3 is 1. The molecule has 0 aliphatic rings. The van der Waals surface area contributed by atoms with Crippen LogP contribution in [0, 0.1) is 0 Å². The Morgan fingerprint density at radius 1 is 1.56 bits per heavy atom. The molecule has 1 heterocycles. The number of rotatable bonds is 5. The molecule has 16 heavy (non-hydrogen) atoms. The quantitative estimate of drug-likeness (QED) is 0.780. The summed E-state index contributed by atoms with van der Waals surface area (Å²) in [6.45, 7) is 2.80. The second-order valence-corrected chi connectivity index (χ2v) is 3.50. The van der Waals surface area contributed by atoms with E-state index in [1.54, 1.807) is 13.3 Å². The molecule has 88 valence electrons. The van der Waals surface area contributed by atoms with Gasteiger partial charge in [0.15, 0.2) is 0 Å². The number of aromatic nitrogens is 1. The lowest BCUT2D eigenvalue weighted by atomic mass is 10.3. The maximum Gasteiger partial charge on any atom is 0.315 e. The molecule has 1 aromatic rings. The van der Waals surface area contributed by atoms with Crippen molar-refractivity contribution >= 4 is 6.03 Å². The van der Waals surface area contributed by atoms with E-state index in [2.05, 4.69) is 15.6 Å². The molecule has 1 atom stereocenters. The van der Waals surface area contributed by atoms with Gasteiger partial charge in [0, 0.05) is 13.3 Å². The Morgan fingerprint density at radius 2 is 2.38 bits per heavy atom. The first-order chi connectivity index (χ1) is 7.72. The van der Waals surface area contributed by atoms with Crippen LogP contribution in [0.4, 0.5) is 4.79 Å². The summed E-state index contributed by atoms with van der Waals surface area (Å²) in [4.78, 5) is 15.5. The molecule has 1 unspecified atom stereocenters. The van der Waals surface area contributed by atoms with Crippen LogP contribution in [0.2, 0.25) is 0 Å². The van der Waals surface area contributed by atoms with Crippen LogP contribution in [0.5, 0.6) is 0 Å². The number of nitrogens with one attached hydrogen (secondary N) is 2. The van der Waals surface area contributed by atoms with Crippen molar-refractivity contribution in [3.63, 3.8) is 0 Å². The average Bonchev–Trinajstić information content (AvgIpc) is 2.28. The molecule has 2 amide bonds. The zero-order chi connectivity index (χ0) is 11.8. The summed E-state index contributed by atoms with van der Waals surface area (Å²) in [7, 11) is 1.60. The minimum absolute atomic E-state index is 0.00580.